The molecule has 0 aliphatic heterocycles. The molecule has 23 heavy (non-hydrogen) atoms. The van der Waals surface area contributed by atoms with Crippen LogP contribution in [0.2, 0.25) is 0 Å². The second kappa shape index (κ2) is 6.72. The van der Waals surface area contributed by atoms with Gasteiger partial charge in [-0.2, -0.15) is 13.2 Å². The number of benzene rings is 1. The van der Waals surface area contributed by atoms with E-state index in [1.54, 1.807) is 13.0 Å². The molecule has 0 spiro atoms. The van der Waals surface area contributed by atoms with Crippen molar-refractivity contribution in [2.24, 2.45) is 0 Å². The maximum Gasteiger partial charge on any atom is 0.419 e. The van der Waals surface area contributed by atoms with E-state index in [1.807, 2.05) is 0 Å². The SMILES string of the molecule is Cc1cc(CNC(=O)C(C)Oc2ccccc2C(F)(F)F)no1. The first kappa shape index (κ1) is 16.9. The summed E-state index contributed by atoms with van der Waals surface area (Å²) in [5.41, 5.74) is -0.412. The second-order valence-corrected chi connectivity index (χ2v) is 4.90. The molecule has 5 nitrogen and oxygen atoms in total. The zero-order valence-corrected chi connectivity index (χ0v) is 12.5. The summed E-state index contributed by atoms with van der Waals surface area (Å²) in [6, 6.07) is 6.39. The monoisotopic (exact) mass is 328 g/mol. The number of rotatable bonds is 5. The summed E-state index contributed by atoms with van der Waals surface area (Å²) >= 11 is 0. The molecule has 1 unspecified atom stereocenters. The molecule has 1 aromatic carbocycles. The van der Waals surface area contributed by atoms with E-state index >= 15 is 0 Å². The van der Waals surface area contributed by atoms with Crippen molar-refractivity contribution in [2.45, 2.75) is 32.7 Å². The molecule has 0 bridgehead atoms. The van der Waals surface area contributed by atoms with Gasteiger partial charge in [0, 0.05) is 6.07 Å². The number of carbonyl (C=O) groups excluding carboxylic acids is 1. The first-order chi connectivity index (χ1) is 10.8. The number of alkyl halides is 3. The smallest absolute Gasteiger partial charge is 0.419 e. The average molecular weight is 328 g/mol. The molecule has 1 amide bonds. The highest BCUT2D eigenvalue weighted by Crippen LogP contribution is 2.36. The molecule has 1 heterocycles. The van der Waals surface area contributed by atoms with Gasteiger partial charge in [-0.05, 0) is 26.0 Å². The lowest BCUT2D eigenvalue weighted by atomic mass is 10.2. The Hall–Kier alpha value is -2.51. The van der Waals surface area contributed by atoms with Crippen molar-refractivity contribution in [3.8, 4) is 5.75 Å². The molecule has 8 heteroatoms. The predicted molar refractivity (Wildman–Crippen MR) is 74.6 cm³/mol. The van der Waals surface area contributed by atoms with E-state index in [-0.39, 0.29) is 12.3 Å². The molecule has 0 saturated carbocycles. The van der Waals surface area contributed by atoms with Crippen LogP contribution in [0.25, 0.3) is 0 Å². The van der Waals surface area contributed by atoms with Gasteiger partial charge in [0.2, 0.25) is 0 Å². The van der Waals surface area contributed by atoms with Crippen LogP contribution in [0.4, 0.5) is 13.2 Å². The van der Waals surface area contributed by atoms with Gasteiger partial charge < -0.3 is 14.6 Å². The third-order valence-corrected chi connectivity index (χ3v) is 2.99. The molecule has 0 fully saturated rings. The summed E-state index contributed by atoms with van der Waals surface area (Å²) in [5.74, 6) is -0.347. The highest BCUT2D eigenvalue weighted by Gasteiger charge is 2.34. The number of nitrogens with zero attached hydrogens (tertiary/aromatic N) is 1. The molecule has 1 atom stereocenters. The Kier molecular flexibility index (Phi) is 4.92. The number of para-hydroxylation sites is 1. The molecular weight excluding hydrogens is 313 g/mol. The van der Waals surface area contributed by atoms with Crippen LogP contribution in [0.5, 0.6) is 5.75 Å². The highest BCUT2D eigenvalue weighted by atomic mass is 19.4. The summed E-state index contributed by atoms with van der Waals surface area (Å²) in [6.45, 7) is 3.18. The Balaban J connectivity index is 1.98. The number of hydrogen-bond donors (Lipinski definition) is 1. The molecule has 0 saturated heterocycles. The number of carbonyl (C=O) groups is 1. The van der Waals surface area contributed by atoms with Crippen LogP contribution in [0.1, 0.15) is 23.9 Å². The van der Waals surface area contributed by atoms with Gasteiger partial charge in [0.15, 0.2) is 6.10 Å². The fraction of sp³-hybridized carbons (Fsp3) is 0.333. The number of nitrogens with one attached hydrogen (secondary N) is 1. The van der Waals surface area contributed by atoms with E-state index in [0.29, 0.717) is 11.5 Å². The van der Waals surface area contributed by atoms with Crippen molar-refractivity contribution in [3.63, 3.8) is 0 Å². The fourth-order valence-corrected chi connectivity index (χ4v) is 1.87. The molecular formula is C15H15F3N2O3. The molecule has 1 N–H and O–H groups in total. The molecule has 2 rings (SSSR count). The van der Waals surface area contributed by atoms with Crippen LogP contribution in [0, 0.1) is 6.92 Å². The summed E-state index contributed by atoms with van der Waals surface area (Å²) in [6.07, 6.45) is -5.64. The zero-order chi connectivity index (χ0) is 17.0. The van der Waals surface area contributed by atoms with Crippen molar-refractivity contribution in [3.05, 3.63) is 47.3 Å². The quantitative estimate of drug-likeness (QED) is 0.916. The van der Waals surface area contributed by atoms with Gasteiger partial charge in [0.05, 0.1) is 12.1 Å². The Morgan fingerprint density at radius 3 is 2.70 bits per heavy atom. The van der Waals surface area contributed by atoms with Gasteiger partial charge in [-0.15, -0.1) is 0 Å². The van der Waals surface area contributed by atoms with Crippen LogP contribution in [0.3, 0.4) is 0 Å². The topological polar surface area (TPSA) is 64.4 Å². The van der Waals surface area contributed by atoms with E-state index < -0.39 is 23.8 Å². The van der Waals surface area contributed by atoms with Gasteiger partial charge in [0.25, 0.3) is 5.91 Å². The normalized spacial score (nSPS) is 12.7. The Morgan fingerprint density at radius 1 is 1.39 bits per heavy atom. The average Bonchev–Trinajstić information content (AvgIpc) is 2.89. The minimum Gasteiger partial charge on any atom is -0.480 e. The molecule has 0 aliphatic carbocycles. The van der Waals surface area contributed by atoms with E-state index in [9.17, 15) is 18.0 Å². The third-order valence-electron chi connectivity index (χ3n) is 2.99. The van der Waals surface area contributed by atoms with Gasteiger partial charge in [-0.1, -0.05) is 17.3 Å². The molecule has 2 aromatic rings. The minimum atomic E-state index is -4.55. The minimum absolute atomic E-state index is 0.102. The molecule has 0 radical (unpaired) electrons. The van der Waals surface area contributed by atoms with Crippen molar-refractivity contribution in [1.29, 1.82) is 0 Å². The van der Waals surface area contributed by atoms with Crippen molar-refractivity contribution in [2.75, 3.05) is 0 Å². The first-order valence-electron chi connectivity index (χ1n) is 6.80. The zero-order valence-electron chi connectivity index (χ0n) is 12.5. The summed E-state index contributed by atoms with van der Waals surface area (Å²) < 4.78 is 48.6. The van der Waals surface area contributed by atoms with Gasteiger partial charge in [0.1, 0.15) is 17.2 Å². The first-order valence-corrected chi connectivity index (χ1v) is 6.80. The van der Waals surface area contributed by atoms with E-state index in [0.717, 1.165) is 6.07 Å². The fourth-order valence-electron chi connectivity index (χ4n) is 1.87. The van der Waals surface area contributed by atoms with Crippen LogP contribution >= 0.6 is 0 Å². The van der Waals surface area contributed by atoms with E-state index in [4.69, 9.17) is 9.26 Å². The van der Waals surface area contributed by atoms with Crippen LogP contribution < -0.4 is 10.1 Å². The standard InChI is InChI=1S/C15H15F3N2O3/c1-9-7-11(20-23-9)8-19-14(21)10(2)22-13-6-4-3-5-12(13)15(16,17)18/h3-7,10H,8H2,1-2H3,(H,19,21). The number of ether oxygens (including phenoxy) is 1. The maximum atomic E-state index is 12.9. The number of aryl methyl sites for hydroxylation is 1. The lowest BCUT2D eigenvalue weighted by Gasteiger charge is -2.18. The van der Waals surface area contributed by atoms with Crippen molar-refractivity contribution < 1.29 is 27.2 Å². The predicted octanol–water partition coefficient (Wildman–Crippen LogP) is 3.09. The van der Waals surface area contributed by atoms with E-state index in [1.165, 1.54) is 25.1 Å². The van der Waals surface area contributed by atoms with Gasteiger partial charge in [-0.25, -0.2) is 0 Å². The number of hydrogen-bond acceptors (Lipinski definition) is 4. The number of halogens is 3. The molecule has 124 valence electrons. The molecule has 0 aliphatic rings. The summed E-state index contributed by atoms with van der Waals surface area (Å²) in [4.78, 5) is 11.9. The largest absolute Gasteiger partial charge is 0.480 e. The van der Waals surface area contributed by atoms with E-state index in [2.05, 4.69) is 10.5 Å². The second-order valence-electron chi connectivity index (χ2n) is 4.90. The van der Waals surface area contributed by atoms with Crippen LogP contribution in [-0.4, -0.2) is 17.2 Å². The molecule has 1 aromatic heterocycles. The lowest BCUT2D eigenvalue weighted by Crippen LogP contribution is -2.36. The third kappa shape index (κ3) is 4.48. The van der Waals surface area contributed by atoms with Crippen molar-refractivity contribution >= 4 is 5.91 Å². The summed E-state index contributed by atoms with van der Waals surface area (Å²) in [7, 11) is 0. The number of aromatic nitrogens is 1. The maximum absolute atomic E-state index is 12.9. The van der Waals surface area contributed by atoms with Crippen molar-refractivity contribution in [1.82, 2.24) is 10.5 Å². The Bertz CT molecular complexity index is 683. The summed E-state index contributed by atoms with van der Waals surface area (Å²) in [5, 5.41) is 6.22. The van der Waals surface area contributed by atoms with Gasteiger partial charge >= 0.3 is 6.18 Å². The number of amides is 1. The highest BCUT2D eigenvalue weighted by molar-refractivity contribution is 5.80. The van der Waals surface area contributed by atoms with Crippen LogP contribution in [0.15, 0.2) is 34.9 Å². The Morgan fingerprint density at radius 2 is 2.09 bits per heavy atom. The lowest BCUT2D eigenvalue weighted by molar-refractivity contribution is -0.140. The van der Waals surface area contributed by atoms with Gasteiger partial charge in [-0.3, -0.25) is 4.79 Å². The van der Waals surface area contributed by atoms with Crippen LogP contribution in [-0.2, 0) is 17.5 Å². The Labute approximate surface area is 130 Å².